The maximum absolute atomic E-state index is 13.1. The third-order valence-corrected chi connectivity index (χ3v) is 6.46. The average molecular weight is 422 g/mol. The molecule has 3 N–H and O–H groups in total. The fourth-order valence-electron chi connectivity index (χ4n) is 4.44. The summed E-state index contributed by atoms with van der Waals surface area (Å²) in [5, 5.41) is 3.02. The van der Waals surface area contributed by atoms with E-state index in [-0.39, 0.29) is 17.9 Å². The Morgan fingerprint density at radius 1 is 1.10 bits per heavy atom. The summed E-state index contributed by atoms with van der Waals surface area (Å²) in [7, 11) is 0. The first kappa shape index (κ1) is 21.5. The first-order valence-electron chi connectivity index (χ1n) is 11.1. The lowest BCUT2D eigenvalue weighted by molar-refractivity contribution is 0.0713. The van der Waals surface area contributed by atoms with E-state index in [4.69, 9.17) is 10.5 Å². The summed E-state index contributed by atoms with van der Waals surface area (Å²) in [6, 6.07) is 14.0. The molecular weight excluding hydrogens is 390 g/mol. The Bertz CT molecular complexity index is 928. The van der Waals surface area contributed by atoms with Crippen molar-refractivity contribution in [2.75, 3.05) is 26.3 Å². The average Bonchev–Trinajstić information content (AvgIpc) is 3.32. The van der Waals surface area contributed by atoms with Crippen LogP contribution in [0.5, 0.6) is 0 Å². The predicted octanol–water partition coefficient (Wildman–Crippen LogP) is 2.99. The molecule has 4 rings (SSSR count). The number of hydrogen-bond donors (Lipinski definition) is 2. The van der Waals surface area contributed by atoms with E-state index in [0.29, 0.717) is 36.8 Å². The van der Waals surface area contributed by atoms with Crippen molar-refractivity contribution in [1.29, 1.82) is 0 Å². The molecule has 2 aliphatic rings. The number of piperidine rings is 1. The zero-order chi connectivity index (χ0) is 21.8. The van der Waals surface area contributed by atoms with Gasteiger partial charge in [-0.15, -0.1) is 0 Å². The van der Waals surface area contributed by atoms with Gasteiger partial charge >= 0.3 is 0 Å². The maximum Gasteiger partial charge on any atom is 0.253 e. The highest BCUT2D eigenvalue weighted by Crippen LogP contribution is 2.29. The zero-order valence-corrected chi connectivity index (χ0v) is 18.1. The van der Waals surface area contributed by atoms with Crippen molar-refractivity contribution in [3.63, 3.8) is 0 Å². The van der Waals surface area contributed by atoms with Crippen LogP contribution in [-0.2, 0) is 11.3 Å². The van der Waals surface area contributed by atoms with E-state index in [0.717, 1.165) is 43.5 Å². The van der Waals surface area contributed by atoms with Gasteiger partial charge in [-0.3, -0.25) is 9.59 Å². The lowest BCUT2D eigenvalue weighted by Crippen LogP contribution is -2.38. The van der Waals surface area contributed by atoms with E-state index >= 15 is 0 Å². The number of likely N-dealkylation sites (tertiary alicyclic amines) is 1. The molecule has 6 nitrogen and oxygen atoms in total. The Kier molecular flexibility index (Phi) is 6.68. The molecule has 31 heavy (non-hydrogen) atoms. The molecule has 0 radical (unpaired) electrons. The molecule has 2 aromatic rings. The van der Waals surface area contributed by atoms with Gasteiger partial charge in [0.05, 0.1) is 12.6 Å². The molecule has 1 unspecified atom stereocenters. The number of rotatable bonds is 5. The smallest absolute Gasteiger partial charge is 0.253 e. The van der Waals surface area contributed by atoms with Gasteiger partial charge in [-0.25, -0.2) is 0 Å². The van der Waals surface area contributed by atoms with Crippen LogP contribution in [0.3, 0.4) is 0 Å². The van der Waals surface area contributed by atoms with Gasteiger partial charge in [0, 0.05) is 37.4 Å². The summed E-state index contributed by atoms with van der Waals surface area (Å²) >= 11 is 0. The Balaban J connectivity index is 1.39. The third kappa shape index (κ3) is 4.97. The molecule has 2 aliphatic heterocycles. The molecule has 2 amide bonds. The van der Waals surface area contributed by atoms with Gasteiger partial charge < -0.3 is 20.7 Å². The quantitative estimate of drug-likeness (QED) is 0.777. The molecule has 0 bridgehead atoms. The van der Waals surface area contributed by atoms with Gasteiger partial charge in [0.25, 0.3) is 11.8 Å². The second-order valence-electron chi connectivity index (χ2n) is 8.58. The third-order valence-electron chi connectivity index (χ3n) is 6.46. The number of ether oxygens (including phenoxy) is 1. The van der Waals surface area contributed by atoms with Crippen molar-refractivity contribution in [3.05, 3.63) is 70.3 Å². The lowest BCUT2D eigenvalue weighted by Gasteiger charge is -2.32. The van der Waals surface area contributed by atoms with E-state index in [2.05, 4.69) is 29.6 Å². The maximum atomic E-state index is 13.1. The first-order valence-corrected chi connectivity index (χ1v) is 11.1. The predicted molar refractivity (Wildman–Crippen MR) is 120 cm³/mol. The Hall–Kier alpha value is -2.70. The largest absolute Gasteiger partial charge is 0.379 e. The van der Waals surface area contributed by atoms with Crippen molar-refractivity contribution in [3.8, 4) is 0 Å². The summed E-state index contributed by atoms with van der Waals surface area (Å²) in [4.78, 5) is 27.7. The van der Waals surface area contributed by atoms with Crippen molar-refractivity contribution in [2.45, 2.75) is 44.7 Å². The molecule has 2 saturated heterocycles. The molecule has 2 heterocycles. The van der Waals surface area contributed by atoms with Gasteiger partial charge in [0.2, 0.25) is 0 Å². The molecular formula is C25H31N3O3. The number of nitrogens with two attached hydrogens (primary N) is 1. The zero-order valence-electron chi connectivity index (χ0n) is 18.1. The van der Waals surface area contributed by atoms with Crippen LogP contribution in [0, 0.1) is 6.92 Å². The number of nitrogens with one attached hydrogen (secondary N) is 1. The topological polar surface area (TPSA) is 84.7 Å². The summed E-state index contributed by atoms with van der Waals surface area (Å²) in [5.74, 6) is 0.321. The van der Waals surface area contributed by atoms with Crippen molar-refractivity contribution in [1.82, 2.24) is 10.2 Å². The molecule has 0 saturated carbocycles. The molecule has 6 heteroatoms. The van der Waals surface area contributed by atoms with Crippen molar-refractivity contribution in [2.24, 2.45) is 5.73 Å². The highest BCUT2D eigenvalue weighted by atomic mass is 16.5. The monoisotopic (exact) mass is 421 g/mol. The van der Waals surface area contributed by atoms with Crippen LogP contribution in [0.4, 0.5) is 0 Å². The van der Waals surface area contributed by atoms with Crippen LogP contribution in [0.15, 0.2) is 42.5 Å². The number of amides is 2. The second kappa shape index (κ2) is 9.62. The second-order valence-corrected chi connectivity index (χ2v) is 8.58. The minimum absolute atomic E-state index is 0.00446. The number of carbonyl (C=O) groups is 2. The fourth-order valence-corrected chi connectivity index (χ4v) is 4.44. The van der Waals surface area contributed by atoms with E-state index < -0.39 is 0 Å². The minimum atomic E-state index is -0.137. The van der Waals surface area contributed by atoms with E-state index in [1.807, 2.05) is 24.0 Å². The number of benzene rings is 2. The van der Waals surface area contributed by atoms with E-state index in [9.17, 15) is 9.59 Å². The number of hydrogen-bond acceptors (Lipinski definition) is 4. The lowest BCUT2D eigenvalue weighted by atomic mass is 9.88. The van der Waals surface area contributed by atoms with Gasteiger partial charge in [-0.05, 0) is 60.9 Å². The molecule has 164 valence electrons. The summed E-state index contributed by atoms with van der Waals surface area (Å²) in [6.45, 7) is 5.12. The first-order chi connectivity index (χ1) is 15.0. The van der Waals surface area contributed by atoms with E-state index in [1.165, 1.54) is 5.56 Å². The minimum Gasteiger partial charge on any atom is -0.379 e. The highest BCUT2D eigenvalue weighted by molar-refractivity contribution is 6.00. The van der Waals surface area contributed by atoms with Crippen molar-refractivity contribution < 1.29 is 14.3 Å². The Labute approximate surface area is 183 Å². The van der Waals surface area contributed by atoms with E-state index in [1.54, 1.807) is 6.07 Å². The normalized spacial score (nSPS) is 19.4. The van der Waals surface area contributed by atoms with Gasteiger partial charge in [0.15, 0.2) is 0 Å². The van der Waals surface area contributed by atoms with Gasteiger partial charge in [-0.2, -0.15) is 0 Å². The standard InChI is InChI=1S/C25H31N3O3/c1-17-2-5-21(14-23(17)24(29)27-22-10-13-31-16-22)25(30)28-11-8-20(9-12-28)19-6-3-18(15-26)4-7-19/h2-7,14,20,22H,8-13,15-16,26H2,1H3,(H,27,29). The Morgan fingerprint density at radius 3 is 2.48 bits per heavy atom. The van der Waals surface area contributed by atoms with Crippen LogP contribution >= 0.6 is 0 Å². The molecule has 1 atom stereocenters. The summed E-state index contributed by atoms with van der Waals surface area (Å²) < 4.78 is 5.34. The van der Waals surface area contributed by atoms with Crippen LogP contribution in [-0.4, -0.2) is 49.1 Å². The number of aryl methyl sites for hydroxylation is 1. The highest BCUT2D eigenvalue weighted by Gasteiger charge is 2.26. The van der Waals surface area contributed by atoms with Crippen LogP contribution in [0.2, 0.25) is 0 Å². The Morgan fingerprint density at radius 2 is 1.84 bits per heavy atom. The SMILES string of the molecule is Cc1ccc(C(=O)N2CCC(c3ccc(CN)cc3)CC2)cc1C(=O)NC1CCOC1. The van der Waals surface area contributed by atoms with Crippen LogP contribution in [0.25, 0.3) is 0 Å². The summed E-state index contributed by atoms with van der Waals surface area (Å²) in [5.41, 5.74) is 10.1. The van der Waals surface area contributed by atoms with Crippen molar-refractivity contribution >= 4 is 11.8 Å². The van der Waals surface area contributed by atoms with Crippen LogP contribution in [0.1, 0.15) is 62.6 Å². The number of nitrogens with zero attached hydrogens (tertiary/aromatic N) is 1. The fraction of sp³-hybridized carbons (Fsp3) is 0.440. The molecule has 0 spiro atoms. The van der Waals surface area contributed by atoms with Gasteiger partial charge in [-0.1, -0.05) is 30.3 Å². The molecule has 0 aromatic heterocycles. The molecule has 2 fully saturated rings. The molecule has 2 aromatic carbocycles. The number of carbonyl (C=O) groups excluding carboxylic acids is 2. The van der Waals surface area contributed by atoms with Gasteiger partial charge in [0.1, 0.15) is 0 Å². The summed E-state index contributed by atoms with van der Waals surface area (Å²) in [6.07, 6.45) is 2.70. The molecule has 0 aliphatic carbocycles. The van der Waals surface area contributed by atoms with Crippen LogP contribution < -0.4 is 11.1 Å².